The van der Waals surface area contributed by atoms with E-state index in [1.54, 1.807) is 25.3 Å². The number of methoxy groups -OCH3 is 1. The number of ether oxygens (including phenoxy) is 1. The molecule has 0 radical (unpaired) electrons. The van der Waals surface area contributed by atoms with Crippen molar-refractivity contribution in [2.75, 3.05) is 13.7 Å². The van der Waals surface area contributed by atoms with Crippen LogP contribution >= 0.6 is 23.2 Å². The molecule has 1 N–H and O–H groups in total. The van der Waals surface area contributed by atoms with Gasteiger partial charge in [-0.25, -0.2) is 0 Å². The molecule has 1 aromatic rings. The molecule has 1 rings (SSSR count). The molecule has 0 amide bonds. The Morgan fingerprint density at radius 2 is 1.88 bits per heavy atom. The zero-order chi connectivity index (χ0) is 12.8. The van der Waals surface area contributed by atoms with Crippen LogP contribution in [0.15, 0.2) is 18.2 Å². The summed E-state index contributed by atoms with van der Waals surface area (Å²) in [5.74, 6) is 0.316. The molecule has 2 atom stereocenters. The van der Waals surface area contributed by atoms with Crippen LogP contribution in [0.5, 0.6) is 0 Å². The second-order valence-electron chi connectivity index (χ2n) is 4.35. The summed E-state index contributed by atoms with van der Waals surface area (Å²) in [5, 5.41) is 11.2. The highest BCUT2D eigenvalue weighted by Gasteiger charge is 2.14. The normalized spacial score (nSPS) is 14.6. The van der Waals surface area contributed by atoms with Gasteiger partial charge in [-0.05, 0) is 30.0 Å². The third-order valence-electron chi connectivity index (χ3n) is 2.63. The van der Waals surface area contributed by atoms with Crippen LogP contribution < -0.4 is 0 Å². The fraction of sp³-hybridized carbons (Fsp3) is 0.538. The molecule has 0 aliphatic rings. The highest BCUT2D eigenvalue weighted by atomic mass is 35.5. The highest BCUT2D eigenvalue weighted by molar-refractivity contribution is 6.35. The smallest absolute Gasteiger partial charge is 0.0585 e. The lowest BCUT2D eigenvalue weighted by atomic mass is 9.99. The van der Waals surface area contributed by atoms with Crippen molar-refractivity contribution in [2.24, 2.45) is 5.92 Å². The molecular weight excluding hydrogens is 259 g/mol. The maximum atomic E-state index is 9.98. The van der Waals surface area contributed by atoms with Crippen LogP contribution in [-0.4, -0.2) is 24.9 Å². The zero-order valence-electron chi connectivity index (χ0n) is 10.1. The molecule has 0 fully saturated rings. The van der Waals surface area contributed by atoms with Crippen molar-refractivity contribution in [3.8, 4) is 0 Å². The van der Waals surface area contributed by atoms with Gasteiger partial charge in [-0.2, -0.15) is 0 Å². The lowest BCUT2D eigenvalue weighted by Crippen LogP contribution is -2.17. The molecule has 2 nitrogen and oxygen atoms in total. The fourth-order valence-electron chi connectivity index (χ4n) is 1.86. The van der Waals surface area contributed by atoms with Gasteiger partial charge in [0.05, 0.1) is 6.10 Å². The first kappa shape index (κ1) is 14.8. The number of halogens is 2. The Morgan fingerprint density at radius 3 is 2.41 bits per heavy atom. The largest absolute Gasteiger partial charge is 0.393 e. The van der Waals surface area contributed by atoms with E-state index < -0.39 is 6.10 Å². The van der Waals surface area contributed by atoms with E-state index in [0.29, 0.717) is 35.4 Å². The van der Waals surface area contributed by atoms with Crippen LogP contribution in [-0.2, 0) is 11.2 Å². The van der Waals surface area contributed by atoms with Crippen LogP contribution in [0.4, 0.5) is 0 Å². The molecule has 2 unspecified atom stereocenters. The van der Waals surface area contributed by atoms with Crippen molar-refractivity contribution < 1.29 is 9.84 Å². The molecule has 0 aromatic heterocycles. The maximum absolute atomic E-state index is 9.98. The fourth-order valence-corrected chi connectivity index (χ4v) is 2.42. The number of aliphatic hydroxyl groups excluding tert-OH is 1. The van der Waals surface area contributed by atoms with Gasteiger partial charge in [-0.3, -0.25) is 0 Å². The van der Waals surface area contributed by atoms with Gasteiger partial charge in [0.15, 0.2) is 0 Å². The van der Waals surface area contributed by atoms with E-state index in [0.717, 1.165) is 5.56 Å². The number of aliphatic hydroxyl groups is 1. The second kappa shape index (κ2) is 7.22. The summed E-state index contributed by atoms with van der Waals surface area (Å²) in [6.07, 6.45) is 0.708. The zero-order valence-corrected chi connectivity index (χ0v) is 11.6. The van der Waals surface area contributed by atoms with Crippen LogP contribution in [0.1, 0.15) is 18.9 Å². The molecule has 0 bridgehead atoms. The summed E-state index contributed by atoms with van der Waals surface area (Å²) >= 11 is 12.1. The first-order chi connectivity index (χ1) is 8.04. The average Bonchev–Trinajstić information content (AvgIpc) is 2.24. The Hall–Kier alpha value is -0.280. The summed E-state index contributed by atoms with van der Waals surface area (Å²) in [6.45, 7) is 2.69. The summed E-state index contributed by atoms with van der Waals surface area (Å²) in [7, 11) is 1.66. The van der Waals surface area contributed by atoms with E-state index in [1.165, 1.54) is 0 Å². The molecule has 1 aromatic carbocycles. The molecule has 0 heterocycles. The minimum absolute atomic E-state index is 0.316. The molecule has 17 heavy (non-hydrogen) atoms. The topological polar surface area (TPSA) is 29.5 Å². The van der Waals surface area contributed by atoms with Gasteiger partial charge in [0, 0.05) is 30.2 Å². The third kappa shape index (κ3) is 4.84. The van der Waals surface area contributed by atoms with Crippen molar-refractivity contribution >= 4 is 23.2 Å². The predicted molar refractivity (Wildman–Crippen MR) is 71.8 cm³/mol. The Bertz CT molecular complexity index is 335. The minimum atomic E-state index is -0.447. The summed E-state index contributed by atoms with van der Waals surface area (Å²) in [5.41, 5.74) is 0.813. The quantitative estimate of drug-likeness (QED) is 0.861. The second-order valence-corrected chi connectivity index (χ2v) is 5.17. The van der Waals surface area contributed by atoms with Crippen LogP contribution in [0.3, 0.4) is 0 Å². The number of benzene rings is 1. The lowest BCUT2D eigenvalue weighted by Gasteiger charge is -2.17. The molecule has 0 aliphatic heterocycles. The van der Waals surface area contributed by atoms with Gasteiger partial charge in [-0.15, -0.1) is 0 Å². The SMILES string of the molecule is COCC(C)CC(O)Cc1c(Cl)cccc1Cl. The van der Waals surface area contributed by atoms with E-state index in [9.17, 15) is 5.11 Å². The van der Waals surface area contributed by atoms with Gasteiger partial charge in [0.25, 0.3) is 0 Å². The first-order valence-electron chi connectivity index (χ1n) is 5.64. The average molecular weight is 277 g/mol. The van der Waals surface area contributed by atoms with Gasteiger partial charge >= 0.3 is 0 Å². The predicted octanol–water partition coefficient (Wildman–Crippen LogP) is 3.57. The first-order valence-corrected chi connectivity index (χ1v) is 6.40. The number of hydrogen-bond acceptors (Lipinski definition) is 2. The van der Waals surface area contributed by atoms with Crippen LogP contribution in [0, 0.1) is 5.92 Å². The monoisotopic (exact) mass is 276 g/mol. The van der Waals surface area contributed by atoms with Crippen molar-refractivity contribution in [1.29, 1.82) is 0 Å². The summed E-state index contributed by atoms with van der Waals surface area (Å²) in [6, 6.07) is 5.37. The lowest BCUT2D eigenvalue weighted by molar-refractivity contribution is 0.102. The maximum Gasteiger partial charge on any atom is 0.0585 e. The third-order valence-corrected chi connectivity index (χ3v) is 3.34. The number of rotatable bonds is 6. The van der Waals surface area contributed by atoms with Gasteiger partial charge in [0.1, 0.15) is 0 Å². The molecule has 96 valence electrons. The van der Waals surface area contributed by atoms with E-state index in [-0.39, 0.29) is 0 Å². The Morgan fingerprint density at radius 1 is 1.29 bits per heavy atom. The van der Waals surface area contributed by atoms with Crippen molar-refractivity contribution in [3.63, 3.8) is 0 Å². The molecule has 0 spiro atoms. The number of hydrogen-bond donors (Lipinski definition) is 1. The Kier molecular flexibility index (Phi) is 6.28. The van der Waals surface area contributed by atoms with Crippen molar-refractivity contribution in [2.45, 2.75) is 25.9 Å². The van der Waals surface area contributed by atoms with Crippen LogP contribution in [0.2, 0.25) is 10.0 Å². The van der Waals surface area contributed by atoms with E-state index in [4.69, 9.17) is 27.9 Å². The summed E-state index contributed by atoms with van der Waals surface area (Å²) in [4.78, 5) is 0. The molecule has 4 heteroatoms. The molecule has 0 saturated carbocycles. The van der Waals surface area contributed by atoms with E-state index in [2.05, 4.69) is 0 Å². The van der Waals surface area contributed by atoms with Crippen molar-refractivity contribution in [1.82, 2.24) is 0 Å². The highest BCUT2D eigenvalue weighted by Crippen LogP contribution is 2.26. The molecular formula is C13H18Cl2O2. The molecule has 0 aliphatic carbocycles. The summed E-state index contributed by atoms with van der Waals surface area (Å²) < 4.78 is 5.04. The van der Waals surface area contributed by atoms with Gasteiger partial charge in [0.2, 0.25) is 0 Å². The van der Waals surface area contributed by atoms with Crippen LogP contribution in [0.25, 0.3) is 0 Å². The van der Waals surface area contributed by atoms with Gasteiger partial charge < -0.3 is 9.84 Å². The Balaban J connectivity index is 2.59. The molecule has 0 saturated heterocycles. The minimum Gasteiger partial charge on any atom is -0.393 e. The van der Waals surface area contributed by atoms with Gasteiger partial charge in [-0.1, -0.05) is 36.2 Å². The van der Waals surface area contributed by atoms with Crippen molar-refractivity contribution in [3.05, 3.63) is 33.8 Å². The Labute approximate surface area is 113 Å². The standard InChI is InChI=1S/C13H18Cl2O2/c1-9(8-17-2)6-10(16)7-11-12(14)4-3-5-13(11)15/h3-5,9-10,16H,6-8H2,1-2H3. The van der Waals surface area contributed by atoms with E-state index >= 15 is 0 Å². The van der Waals surface area contributed by atoms with E-state index in [1.807, 2.05) is 6.92 Å².